The van der Waals surface area contributed by atoms with E-state index in [0.29, 0.717) is 0 Å². The molecule has 0 bridgehead atoms. The Kier molecular flexibility index (Phi) is 3.06. The fraction of sp³-hybridized carbons (Fsp3) is 0.462. The van der Waals surface area contributed by atoms with Gasteiger partial charge in [0, 0.05) is 4.47 Å². The van der Waals surface area contributed by atoms with E-state index in [1.54, 1.807) is 0 Å². The molecule has 1 aliphatic carbocycles. The van der Waals surface area contributed by atoms with E-state index in [0.717, 1.165) is 29.3 Å². The molecular formula is C13H15BrO2. The summed E-state index contributed by atoms with van der Waals surface area (Å²) in [7, 11) is 0. The zero-order chi connectivity index (χ0) is 11.8. The molecule has 16 heavy (non-hydrogen) atoms. The summed E-state index contributed by atoms with van der Waals surface area (Å²) in [5.74, 6) is -0.467. The molecule has 2 nitrogen and oxygen atoms in total. The molecule has 0 spiro atoms. The van der Waals surface area contributed by atoms with Crippen LogP contribution in [0.2, 0.25) is 0 Å². The van der Waals surface area contributed by atoms with E-state index in [4.69, 9.17) is 0 Å². The predicted molar refractivity (Wildman–Crippen MR) is 66.5 cm³/mol. The van der Waals surface area contributed by atoms with Gasteiger partial charge in [-0.1, -0.05) is 41.4 Å². The minimum Gasteiger partial charge on any atom is -0.481 e. The first-order chi connectivity index (χ1) is 7.57. The average Bonchev–Trinajstić information content (AvgIpc) is 2.62. The molecule has 2 unspecified atom stereocenters. The normalized spacial score (nSPS) is 29.2. The van der Waals surface area contributed by atoms with Gasteiger partial charge in [0.25, 0.3) is 0 Å². The molecular weight excluding hydrogens is 268 g/mol. The highest BCUT2D eigenvalue weighted by molar-refractivity contribution is 9.10. The van der Waals surface area contributed by atoms with Crippen LogP contribution in [0, 0.1) is 5.92 Å². The summed E-state index contributed by atoms with van der Waals surface area (Å²) in [6.07, 6.45) is 2.76. The van der Waals surface area contributed by atoms with Crippen molar-refractivity contribution >= 4 is 21.9 Å². The van der Waals surface area contributed by atoms with Crippen LogP contribution in [0.5, 0.6) is 0 Å². The van der Waals surface area contributed by atoms with Gasteiger partial charge in [-0.05, 0) is 36.5 Å². The lowest BCUT2D eigenvalue weighted by molar-refractivity contribution is -0.145. The number of halogens is 1. The first-order valence-corrected chi connectivity index (χ1v) is 6.36. The number of benzene rings is 1. The lowest BCUT2D eigenvalue weighted by Gasteiger charge is -2.29. The van der Waals surface area contributed by atoms with Gasteiger partial charge in [0.05, 0.1) is 5.41 Å². The Bertz CT molecular complexity index is 399. The average molecular weight is 283 g/mol. The van der Waals surface area contributed by atoms with Crippen molar-refractivity contribution in [3.63, 3.8) is 0 Å². The highest BCUT2D eigenvalue weighted by Gasteiger charge is 2.48. The second-order valence-electron chi connectivity index (χ2n) is 4.58. The molecule has 0 amide bonds. The van der Waals surface area contributed by atoms with Crippen LogP contribution in [-0.2, 0) is 10.2 Å². The third-order valence-corrected chi connectivity index (χ3v) is 4.32. The van der Waals surface area contributed by atoms with E-state index in [-0.39, 0.29) is 5.92 Å². The van der Waals surface area contributed by atoms with Gasteiger partial charge in [-0.2, -0.15) is 0 Å². The van der Waals surface area contributed by atoms with Crippen LogP contribution in [0.3, 0.4) is 0 Å². The fourth-order valence-electron chi connectivity index (χ4n) is 2.80. The van der Waals surface area contributed by atoms with Crippen molar-refractivity contribution in [1.82, 2.24) is 0 Å². The van der Waals surface area contributed by atoms with E-state index in [2.05, 4.69) is 15.9 Å². The van der Waals surface area contributed by atoms with Crippen LogP contribution in [0.1, 0.15) is 31.7 Å². The Balaban J connectivity index is 2.48. The van der Waals surface area contributed by atoms with Crippen molar-refractivity contribution in [2.75, 3.05) is 0 Å². The molecule has 1 aromatic carbocycles. The molecule has 1 aromatic rings. The lowest BCUT2D eigenvalue weighted by Crippen LogP contribution is -2.38. The number of hydrogen-bond acceptors (Lipinski definition) is 1. The van der Waals surface area contributed by atoms with Gasteiger partial charge in [-0.25, -0.2) is 0 Å². The smallest absolute Gasteiger partial charge is 0.314 e. The van der Waals surface area contributed by atoms with Crippen LogP contribution >= 0.6 is 15.9 Å². The lowest BCUT2D eigenvalue weighted by atomic mass is 9.73. The molecule has 0 aliphatic heterocycles. The van der Waals surface area contributed by atoms with E-state index in [9.17, 15) is 9.90 Å². The highest BCUT2D eigenvalue weighted by Crippen LogP contribution is 2.45. The Morgan fingerprint density at radius 1 is 1.44 bits per heavy atom. The van der Waals surface area contributed by atoms with Crippen molar-refractivity contribution in [2.45, 2.75) is 31.6 Å². The molecule has 0 saturated heterocycles. The minimum absolute atomic E-state index is 0.214. The number of rotatable bonds is 2. The van der Waals surface area contributed by atoms with Gasteiger partial charge >= 0.3 is 5.97 Å². The first kappa shape index (κ1) is 11.6. The Morgan fingerprint density at radius 2 is 2.06 bits per heavy atom. The van der Waals surface area contributed by atoms with Gasteiger partial charge in [-0.15, -0.1) is 0 Å². The summed E-state index contributed by atoms with van der Waals surface area (Å²) in [5.41, 5.74) is 0.272. The quantitative estimate of drug-likeness (QED) is 0.900. The first-order valence-electron chi connectivity index (χ1n) is 5.57. The molecule has 1 saturated carbocycles. The van der Waals surface area contributed by atoms with Crippen molar-refractivity contribution < 1.29 is 9.90 Å². The van der Waals surface area contributed by atoms with E-state index < -0.39 is 11.4 Å². The molecule has 0 heterocycles. The number of aliphatic carboxylic acids is 1. The summed E-state index contributed by atoms with van der Waals surface area (Å²) >= 11 is 3.38. The summed E-state index contributed by atoms with van der Waals surface area (Å²) in [4.78, 5) is 11.6. The predicted octanol–water partition coefficient (Wildman–Crippen LogP) is 3.59. The van der Waals surface area contributed by atoms with Crippen molar-refractivity contribution in [2.24, 2.45) is 5.92 Å². The topological polar surface area (TPSA) is 37.3 Å². The second-order valence-corrected chi connectivity index (χ2v) is 5.49. The number of carboxylic acids is 1. The van der Waals surface area contributed by atoms with Crippen LogP contribution < -0.4 is 0 Å². The van der Waals surface area contributed by atoms with Gasteiger partial charge in [0.1, 0.15) is 0 Å². The summed E-state index contributed by atoms with van der Waals surface area (Å²) in [6.45, 7) is 2.04. The molecule has 1 N–H and O–H groups in total. The molecule has 1 aliphatic rings. The van der Waals surface area contributed by atoms with Crippen molar-refractivity contribution in [3.05, 3.63) is 34.3 Å². The molecule has 86 valence electrons. The third-order valence-electron chi connectivity index (χ3n) is 3.79. The molecule has 0 aromatic heterocycles. The molecule has 0 radical (unpaired) electrons. The Labute approximate surface area is 104 Å². The fourth-order valence-corrected chi connectivity index (χ4v) is 3.06. The maximum Gasteiger partial charge on any atom is 0.314 e. The van der Waals surface area contributed by atoms with E-state index in [1.807, 2.05) is 31.2 Å². The van der Waals surface area contributed by atoms with Gasteiger partial charge < -0.3 is 5.11 Å². The van der Waals surface area contributed by atoms with Crippen molar-refractivity contribution in [1.29, 1.82) is 0 Å². The summed E-state index contributed by atoms with van der Waals surface area (Å²) in [5, 5.41) is 9.55. The van der Waals surface area contributed by atoms with Crippen LogP contribution in [0.4, 0.5) is 0 Å². The summed E-state index contributed by atoms with van der Waals surface area (Å²) < 4.78 is 0.988. The van der Waals surface area contributed by atoms with Gasteiger partial charge in [0.15, 0.2) is 0 Å². The molecule has 2 atom stereocenters. The zero-order valence-electron chi connectivity index (χ0n) is 9.24. The molecule has 3 heteroatoms. The molecule has 2 rings (SSSR count). The molecule has 1 fully saturated rings. The Hall–Kier alpha value is -0.830. The highest BCUT2D eigenvalue weighted by atomic mass is 79.9. The van der Waals surface area contributed by atoms with Crippen molar-refractivity contribution in [3.8, 4) is 0 Å². The maximum absolute atomic E-state index is 11.6. The van der Waals surface area contributed by atoms with Crippen LogP contribution in [0.15, 0.2) is 28.7 Å². The van der Waals surface area contributed by atoms with E-state index >= 15 is 0 Å². The van der Waals surface area contributed by atoms with Crippen LogP contribution in [0.25, 0.3) is 0 Å². The SMILES string of the molecule is CC1CCCC1(C(=O)O)c1ccc(Br)cc1. The van der Waals surface area contributed by atoms with Gasteiger partial charge in [0.2, 0.25) is 0 Å². The minimum atomic E-state index is -0.681. The Morgan fingerprint density at radius 3 is 2.50 bits per heavy atom. The monoisotopic (exact) mass is 282 g/mol. The maximum atomic E-state index is 11.6. The third kappa shape index (κ3) is 1.67. The standard InChI is InChI=1S/C13H15BrO2/c1-9-3-2-8-13(9,12(15)16)10-4-6-11(14)7-5-10/h4-7,9H,2-3,8H2,1H3,(H,15,16). The van der Waals surface area contributed by atoms with E-state index in [1.165, 1.54) is 0 Å². The number of carboxylic acid groups (broad SMARTS) is 1. The second kappa shape index (κ2) is 4.21. The summed E-state index contributed by atoms with van der Waals surface area (Å²) in [6, 6.07) is 7.70. The van der Waals surface area contributed by atoms with Gasteiger partial charge in [-0.3, -0.25) is 4.79 Å². The number of hydrogen-bond donors (Lipinski definition) is 1. The van der Waals surface area contributed by atoms with Crippen LogP contribution in [-0.4, -0.2) is 11.1 Å². The zero-order valence-corrected chi connectivity index (χ0v) is 10.8. The largest absolute Gasteiger partial charge is 0.481 e. The number of carbonyl (C=O) groups is 1.